The van der Waals surface area contributed by atoms with Crippen LogP contribution in [0.25, 0.3) is 0 Å². The Hall–Kier alpha value is -2.91. The summed E-state index contributed by atoms with van der Waals surface area (Å²) in [7, 11) is -2.32. The van der Waals surface area contributed by atoms with Gasteiger partial charge in [0.25, 0.3) is 0 Å². The van der Waals surface area contributed by atoms with Crippen LogP contribution in [0.2, 0.25) is 0 Å². The Bertz CT molecular complexity index is 1040. The van der Waals surface area contributed by atoms with Gasteiger partial charge in [0.05, 0.1) is 42.2 Å². The van der Waals surface area contributed by atoms with Crippen molar-refractivity contribution in [3.05, 3.63) is 53.6 Å². The predicted molar refractivity (Wildman–Crippen MR) is 117 cm³/mol. The van der Waals surface area contributed by atoms with E-state index in [1.807, 2.05) is 6.92 Å². The number of aryl methyl sites for hydroxylation is 1. The summed E-state index contributed by atoms with van der Waals surface area (Å²) in [6.07, 6.45) is -0.234. The van der Waals surface area contributed by atoms with Crippen LogP contribution in [0.4, 0.5) is 11.4 Å². The molecular weight excluding hydrogens is 420 g/mol. The van der Waals surface area contributed by atoms with Crippen molar-refractivity contribution in [2.45, 2.75) is 18.2 Å². The predicted octanol–water partition coefficient (Wildman–Crippen LogP) is 2.42. The Labute approximate surface area is 182 Å². The number of anilines is 2. The molecule has 1 fully saturated rings. The Morgan fingerprint density at radius 3 is 2.42 bits per heavy atom. The first-order chi connectivity index (χ1) is 14.8. The fourth-order valence-electron chi connectivity index (χ4n) is 3.24. The molecule has 1 N–H and O–H groups in total. The number of carbonyl (C=O) groups is 2. The lowest BCUT2D eigenvalue weighted by Crippen LogP contribution is -2.36. The average molecular weight is 447 g/mol. The Morgan fingerprint density at radius 2 is 1.77 bits per heavy atom. The zero-order chi connectivity index (χ0) is 22.4. The van der Waals surface area contributed by atoms with Crippen molar-refractivity contribution in [2.75, 3.05) is 49.4 Å². The third kappa shape index (κ3) is 5.83. The van der Waals surface area contributed by atoms with Gasteiger partial charge in [-0.1, -0.05) is 17.7 Å². The molecule has 1 saturated heterocycles. The quantitative estimate of drug-likeness (QED) is 0.652. The van der Waals surface area contributed by atoms with Gasteiger partial charge in [0.1, 0.15) is 0 Å². The number of benzene rings is 2. The van der Waals surface area contributed by atoms with Crippen LogP contribution in [-0.2, 0) is 24.1 Å². The fraction of sp³-hybridized carbons (Fsp3) is 0.364. The molecule has 0 radical (unpaired) electrons. The van der Waals surface area contributed by atoms with Gasteiger partial charge in [-0.05, 0) is 37.3 Å². The maximum Gasteiger partial charge on any atom is 0.340 e. The topological polar surface area (TPSA) is 102 Å². The van der Waals surface area contributed by atoms with Gasteiger partial charge in [0, 0.05) is 25.2 Å². The summed E-state index contributed by atoms with van der Waals surface area (Å²) in [6, 6.07) is 11.6. The average Bonchev–Trinajstić information content (AvgIpc) is 2.78. The van der Waals surface area contributed by atoms with Crippen molar-refractivity contribution < 1.29 is 27.5 Å². The number of nitrogens with zero attached hydrogens (tertiary/aromatic N) is 1. The number of sulfone groups is 1. The van der Waals surface area contributed by atoms with Crippen molar-refractivity contribution in [2.24, 2.45) is 0 Å². The van der Waals surface area contributed by atoms with Gasteiger partial charge < -0.3 is 19.7 Å². The van der Waals surface area contributed by atoms with Crippen LogP contribution in [0.15, 0.2) is 47.4 Å². The second kappa shape index (κ2) is 9.93. The molecule has 1 aliphatic rings. The monoisotopic (exact) mass is 446 g/mol. The minimum absolute atomic E-state index is 0.177. The van der Waals surface area contributed by atoms with E-state index < -0.39 is 21.7 Å². The highest BCUT2D eigenvalue weighted by atomic mass is 32.2. The second-order valence-corrected chi connectivity index (χ2v) is 9.36. The molecule has 0 saturated carbocycles. The minimum atomic E-state index is -3.59. The van der Waals surface area contributed by atoms with E-state index in [1.54, 1.807) is 30.3 Å². The summed E-state index contributed by atoms with van der Waals surface area (Å²) in [6.45, 7) is 4.46. The summed E-state index contributed by atoms with van der Waals surface area (Å²) in [4.78, 5) is 27.0. The normalized spacial score (nSPS) is 14.2. The summed E-state index contributed by atoms with van der Waals surface area (Å²) < 4.78 is 35.1. The Morgan fingerprint density at radius 1 is 1.10 bits per heavy atom. The molecule has 0 atom stereocenters. The maximum absolute atomic E-state index is 12.5. The fourth-order valence-corrected chi connectivity index (χ4v) is 4.48. The van der Waals surface area contributed by atoms with Gasteiger partial charge >= 0.3 is 5.97 Å². The molecule has 0 spiro atoms. The lowest BCUT2D eigenvalue weighted by molar-refractivity contribution is -0.115. The molecule has 0 bridgehead atoms. The summed E-state index contributed by atoms with van der Waals surface area (Å²) in [5.41, 5.74) is 2.26. The van der Waals surface area contributed by atoms with E-state index in [0.29, 0.717) is 26.3 Å². The number of nitrogens with one attached hydrogen (secondary N) is 1. The zero-order valence-electron chi connectivity index (χ0n) is 17.6. The van der Waals surface area contributed by atoms with Crippen LogP contribution >= 0.6 is 0 Å². The third-order valence-corrected chi connectivity index (χ3v) is 6.77. The van der Waals surface area contributed by atoms with E-state index in [-0.39, 0.29) is 28.3 Å². The number of morpholine rings is 1. The van der Waals surface area contributed by atoms with Crippen molar-refractivity contribution in [1.29, 1.82) is 0 Å². The Kier molecular flexibility index (Phi) is 7.29. The summed E-state index contributed by atoms with van der Waals surface area (Å²) in [5.74, 6) is -1.42. The van der Waals surface area contributed by atoms with E-state index in [2.05, 4.69) is 10.2 Å². The second-order valence-electron chi connectivity index (χ2n) is 7.25. The number of esters is 1. The molecule has 0 aromatic heterocycles. The molecule has 1 amide bonds. The standard InChI is InChI=1S/C22H26N2O6S/c1-16-3-6-18(7-4-16)31(27,28)14-9-21(25)23-20-8-5-17(15-19(20)22(26)29-2)24-10-12-30-13-11-24/h3-8,15H,9-14H2,1-2H3,(H,23,25). The molecule has 0 unspecified atom stereocenters. The first-order valence-corrected chi connectivity index (χ1v) is 11.6. The lowest BCUT2D eigenvalue weighted by atomic mass is 10.1. The largest absolute Gasteiger partial charge is 0.465 e. The van der Waals surface area contributed by atoms with Gasteiger partial charge in [-0.2, -0.15) is 0 Å². The molecule has 166 valence electrons. The molecule has 9 heteroatoms. The maximum atomic E-state index is 12.5. The molecule has 8 nitrogen and oxygen atoms in total. The van der Waals surface area contributed by atoms with Gasteiger partial charge in [0.15, 0.2) is 9.84 Å². The highest BCUT2D eigenvalue weighted by molar-refractivity contribution is 7.91. The van der Waals surface area contributed by atoms with E-state index >= 15 is 0 Å². The molecule has 31 heavy (non-hydrogen) atoms. The highest BCUT2D eigenvalue weighted by Crippen LogP contribution is 2.25. The van der Waals surface area contributed by atoms with Crippen molar-refractivity contribution in [3.63, 3.8) is 0 Å². The number of amides is 1. The van der Waals surface area contributed by atoms with Crippen LogP contribution in [0.1, 0.15) is 22.3 Å². The van der Waals surface area contributed by atoms with Crippen molar-refractivity contribution >= 4 is 33.1 Å². The van der Waals surface area contributed by atoms with E-state index in [4.69, 9.17) is 9.47 Å². The number of ether oxygens (including phenoxy) is 2. The molecule has 0 aliphatic carbocycles. The van der Waals surface area contributed by atoms with E-state index in [1.165, 1.54) is 19.2 Å². The molecule has 3 rings (SSSR count). The third-order valence-electron chi connectivity index (χ3n) is 5.04. The van der Waals surface area contributed by atoms with Crippen LogP contribution in [0.5, 0.6) is 0 Å². The number of hydrogen-bond donors (Lipinski definition) is 1. The van der Waals surface area contributed by atoms with Crippen LogP contribution in [-0.4, -0.2) is 59.5 Å². The summed E-state index contributed by atoms with van der Waals surface area (Å²) in [5, 5.41) is 2.64. The Balaban J connectivity index is 1.71. The highest BCUT2D eigenvalue weighted by Gasteiger charge is 2.20. The van der Waals surface area contributed by atoms with Crippen molar-refractivity contribution in [1.82, 2.24) is 0 Å². The molecule has 2 aromatic rings. The van der Waals surface area contributed by atoms with Crippen LogP contribution in [0.3, 0.4) is 0 Å². The smallest absolute Gasteiger partial charge is 0.340 e. The molecular formula is C22H26N2O6S. The first-order valence-electron chi connectivity index (χ1n) is 9.94. The lowest BCUT2D eigenvalue weighted by Gasteiger charge is -2.29. The van der Waals surface area contributed by atoms with Crippen molar-refractivity contribution in [3.8, 4) is 0 Å². The minimum Gasteiger partial charge on any atom is -0.465 e. The van der Waals surface area contributed by atoms with Gasteiger partial charge in [-0.25, -0.2) is 13.2 Å². The first kappa shape index (κ1) is 22.8. The van der Waals surface area contributed by atoms with Crippen LogP contribution in [0, 0.1) is 6.92 Å². The van der Waals surface area contributed by atoms with E-state index in [0.717, 1.165) is 11.3 Å². The van der Waals surface area contributed by atoms with Gasteiger partial charge in [-0.3, -0.25) is 4.79 Å². The SMILES string of the molecule is COC(=O)c1cc(N2CCOCC2)ccc1NC(=O)CCS(=O)(=O)c1ccc(C)cc1. The number of rotatable bonds is 7. The molecule has 1 heterocycles. The number of hydrogen-bond acceptors (Lipinski definition) is 7. The van der Waals surface area contributed by atoms with Gasteiger partial charge in [-0.15, -0.1) is 0 Å². The molecule has 1 aliphatic heterocycles. The van der Waals surface area contributed by atoms with Crippen LogP contribution < -0.4 is 10.2 Å². The number of carbonyl (C=O) groups excluding carboxylic acids is 2. The van der Waals surface area contributed by atoms with E-state index in [9.17, 15) is 18.0 Å². The van der Waals surface area contributed by atoms with Gasteiger partial charge in [0.2, 0.25) is 5.91 Å². The zero-order valence-corrected chi connectivity index (χ0v) is 18.4. The number of methoxy groups -OCH3 is 1. The summed E-state index contributed by atoms with van der Waals surface area (Å²) >= 11 is 0. The molecule has 2 aromatic carbocycles.